The van der Waals surface area contributed by atoms with Gasteiger partial charge >= 0.3 is 0 Å². The van der Waals surface area contributed by atoms with Crippen LogP contribution in [0.25, 0.3) is 11.0 Å². The molecule has 1 N–H and O–H groups in total. The Kier molecular flexibility index (Phi) is 3.23. The van der Waals surface area contributed by atoms with E-state index >= 15 is 0 Å². The maximum atomic E-state index is 5.93. The summed E-state index contributed by atoms with van der Waals surface area (Å²) in [5, 5.41) is 1.11. The van der Waals surface area contributed by atoms with Gasteiger partial charge in [0.2, 0.25) is 0 Å². The summed E-state index contributed by atoms with van der Waals surface area (Å²) in [6.07, 6.45) is 3.40. The Morgan fingerprint density at radius 3 is 3.09 bits per heavy atom. The van der Waals surface area contributed by atoms with Crippen LogP contribution in [-0.2, 0) is 4.74 Å². The van der Waals surface area contributed by atoms with Crippen LogP contribution in [-0.4, -0.2) is 39.6 Å². The standard InChI is InChI=1S/C16H17N5O/c1-11-7-15(19-10-18-11)21-5-6-22-14(9-21)13-8-12-3-2-4-17-16(12)20-13/h2-4,7-8,10,14H,5-6,9H2,1H3,(H,17,20)/t14-/m1/s1. The number of H-pyrrole nitrogens is 1. The SMILES string of the molecule is Cc1cc(N2CCO[C@@H](c3cc4cccnc4[nH]3)C2)ncn1. The molecule has 0 unspecified atom stereocenters. The molecule has 0 saturated carbocycles. The summed E-state index contributed by atoms with van der Waals surface area (Å²) in [7, 11) is 0. The number of morpholine rings is 1. The van der Waals surface area contributed by atoms with E-state index in [4.69, 9.17) is 4.74 Å². The molecule has 6 nitrogen and oxygen atoms in total. The van der Waals surface area contributed by atoms with E-state index < -0.39 is 0 Å². The summed E-state index contributed by atoms with van der Waals surface area (Å²) in [6.45, 7) is 4.26. The van der Waals surface area contributed by atoms with Gasteiger partial charge in [-0.15, -0.1) is 0 Å². The quantitative estimate of drug-likeness (QED) is 0.785. The summed E-state index contributed by atoms with van der Waals surface area (Å²) in [5.74, 6) is 0.954. The Bertz CT molecular complexity index is 767. The fraction of sp³-hybridized carbons (Fsp3) is 0.312. The third-order valence-corrected chi connectivity index (χ3v) is 3.94. The van der Waals surface area contributed by atoms with E-state index in [-0.39, 0.29) is 6.10 Å². The second-order valence-corrected chi connectivity index (χ2v) is 5.49. The molecule has 0 radical (unpaired) electrons. The van der Waals surface area contributed by atoms with Crippen LogP contribution in [0.15, 0.2) is 36.8 Å². The predicted molar refractivity (Wildman–Crippen MR) is 83.8 cm³/mol. The highest BCUT2D eigenvalue weighted by atomic mass is 16.5. The van der Waals surface area contributed by atoms with Crippen molar-refractivity contribution in [2.24, 2.45) is 0 Å². The fourth-order valence-corrected chi connectivity index (χ4v) is 2.81. The second-order valence-electron chi connectivity index (χ2n) is 5.49. The minimum absolute atomic E-state index is 0.00165. The van der Waals surface area contributed by atoms with Gasteiger partial charge in [-0.25, -0.2) is 15.0 Å². The molecule has 22 heavy (non-hydrogen) atoms. The number of pyridine rings is 1. The van der Waals surface area contributed by atoms with Crippen LogP contribution >= 0.6 is 0 Å². The van der Waals surface area contributed by atoms with Crippen LogP contribution in [0, 0.1) is 6.92 Å². The first kappa shape index (κ1) is 13.2. The molecule has 0 aliphatic carbocycles. The molecule has 4 heterocycles. The molecule has 3 aromatic rings. The first-order chi connectivity index (χ1) is 10.8. The molecule has 112 valence electrons. The number of fused-ring (bicyclic) bond motifs is 1. The Labute approximate surface area is 128 Å². The maximum absolute atomic E-state index is 5.93. The average molecular weight is 295 g/mol. The van der Waals surface area contributed by atoms with Gasteiger partial charge in [0.25, 0.3) is 0 Å². The van der Waals surface area contributed by atoms with Crippen LogP contribution in [0.2, 0.25) is 0 Å². The molecule has 4 rings (SSSR count). The zero-order chi connectivity index (χ0) is 14.9. The Balaban J connectivity index is 1.60. The van der Waals surface area contributed by atoms with Gasteiger partial charge in [0.05, 0.1) is 13.2 Å². The van der Waals surface area contributed by atoms with E-state index in [0.717, 1.165) is 41.3 Å². The molecule has 0 aromatic carbocycles. The average Bonchev–Trinajstić information content (AvgIpc) is 2.99. The molecular formula is C16H17N5O. The lowest BCUT2D eigenvalue weighted by Gasteiger charge is -2.33. The van der Waals surface area contributed by atoms with Gasteiger partial charge in [-0.3, -0.25) is 0 Å². The monoisotopic (exact) mass is 295 g/mol. The van der Waals surface area contributed by atoms with Gasteiger partial charge in [-0.05, 0) is 25.1 Å². The zero-order valence-electron chi connectivity index (χ0n) is 12.4. The minimum atomic E-state index is -0.00165. The van der Waals surface area contributed by atoms with Crippen molar-refractivity contribution in [3.05, 3.63) is 48.2 Å². The van der Waals surface area contributed by atoms with E-state index in [9.17, 15) is 0 Å². The number of aromatic amines is 1. The molecule has 6 heteroatoms. The first-order valence-electron chi connectivity index (χ1n) is 7.38. The maximum Gasteiger partial charge on any atom is 0.137 e. The molecule has 1 aliphatic rings. The highest BCUT2D eigenvalue weighted by molar-refractivity contribution is 5.76. The number of hydrogen-bond acceptors (Lipinski definition) is 5. The number of rotatable bonds is 2. The molecule has 0 spiro atoms. The molecular weight excluding hydrogens is 278 g/mol. The van der Waals surface area contributed by atoms with Gasteiger partial charge in [-0.2, -0.15) is 0 Å². The van der Waals surface area contributed by atoms with Crippen LogP contribution in [0.3, 0.4) is 0 Å². The van der Waals surface area contributed by atoms with Crippen molar-refractivity contribution in [3.63, 3.8) is 0 Å². The lowest BCUT2D eigenvalue weighted by molar-refractivity contribution is 0.0372. The van der Waals surface area contributed by atoms with Crippen LogP contribution in [0.4, 0.5) is 5.82 Å². The van der Waals surface area contributed by atoms with E-state index in [1.165, 1.54) is 0 Å². The first-order valence-corrected chi connectivity index (χ1v) is 7.38. The molecule has 0 bridgehead atoms. The number of aromatic nitrogens is 4. The third kappa shape index (κ3) is 2.42. The van der Waals surface area contributed by atoms with E-state index in [1.807, 2.05) is 19.1 Å². The van der Waals surface area contributed by atoms with Crippen LogP contribution in [0.1, 0.15) is 17.5 Å². The highest BCUT2D eigenvalue weighted by Crippen LogP contribution is 2.26. The van der Waals surface area contributed by atoms with Gasteiger partial charge in [0.15, 0.2) is 0 Å². The van der Waals surface area contributed by atoms with E-state index in [1.54, 1.807) is 12.5 Å². The Hall–Kier alpha value is -2.47. The van der Waals surface area contributed by atoms with Crippen molar-refractivity contribution in [1.82, 2.24) is 19.9 Å². The summed E-state index contributed by atoms with van der Waals surface area (Å²) in [6, 6.07) is 8.12. The number of anilines is 1. The summed E-state index contributed by atoms with van der Waals surface area (Å²) < 4.78 is 5.93. The fourth-order valence-electron chi connectivity index (χ4n) is 2.81. The minimum Gasteiger partial charge on any atom is -0.368 e. The van der Waals surface area contributed by atoms with Crippen LogP contribution < -0.4 is 4.90 Å². The number of aryl methyl sites for hydroxylation is 1. The van der Waals surface area contributed by atoms with Crippen molar-refractivity contribution in [2.45, 2.75) is 13.0 Å². The van der Waals surface area contributed by atoms with Gasteiger partial charge in [0, 0.05) is 35.6 Å². The largest absolute Gasteiger partial charge is 0.368 e. The molecule has 1 fully saturated rings. The summed E-state index contributed by atoms with van der Waals surface area (Å²) in [5.41, 5.74) is 2.93. The van der Waals surface area contributed by atoms with Gasteiger partial charge < -0.3 is 14.6 Å². The molecule has 1 aliphatic heterocycles. The number of ether oxygens (including phenoxy) is 1. The molecule has 1 saturated heterocycles. The van der Waals surface area contributed by atoms with Crippen molar-refractivity contribution >= 4 is 16.9 Å². The van der Waals surface area contributed by atoms with Crippen molar-refractivity contribution in [1.29, 1.82) is 0 Å². The normalized spacial score (nSPS) is 18.8. The van der Waals surface area contributed by atoms with E-state index in [0.29, 0.717) is 6.61 Å². The number of nitrogens with one attached hydrogen (secondary N) is 1. The third-order valence-electron chi connectivity index (χ3n) is 3.94. The smallest absolute Gasteiger partial charge is 0.137 e. The summed E-state index contributed by atoms with van der Waals surface area (Å²) >= 11 is 0. The molecule has 1 atom stereocenters. The molecule has 3 aromatic heterocycles. The van der Waals surface area contributed by atoms with Crippen molar-refractivity contribution < 1.29 is 4.74 Å². The second kappa shape index (κ2) is 5.38. The van der Waals surface area contributed by atoms with Crippen molar-refractivity contribution in [2.75, 3.05) is 24.6 Å². The lowest BCUT2D eigenvalue weighted by Crippen LogP contribution is -2.39. The zero-order valence-corrected chi connectivity index (χ0v) is 12.4. The Morgan fingerprint density at radius 2 is 2.23 bits per heavy atom. The van der Waals surface area contributed by atoms with Crippen LogP contribution in [0.5, 0.6) is 0 Å². The molecule has 0 amide bonds. The number of hydrogen-bond donors (Lipinski definition) is 1. The van der Waals surface area contributed by atoms with Gasteiger partial charge in [0.1, 0.15) is 23.9 Å². The number of nitrogens with zero attached hydrogens (tertiary/aromatic N) is 4. The lowest BCUT2D eigenvalue weighted by atomic mass is 10.2. The van der Waals surface area contributed by atoms with Crippen molar-refractivity contribution in [3.8, 4) is 0 Å². The highest BCUT2D eigenvalue weighted by Gasteiger charge is 2.24. The van der Waals surface area contributed by atoms with Gasteiger partial charge in [-0.1, -0.05) is 0 Å². The Morgan fingerprint density at radius 1 is 1.27 bits per heavy atom. The topological polar surface area (TPSA) is 66.9 Å². The summed E-state index contributed by atoms with van der Waals surface area (Å²) in [4.78, 5) is 18.5. The predicted octanol–water partition coefficient (Wildman–Crippen LogP) is 2.24. The van der Waals surface area contributed by atoms with E-state index in [2.05, 4.69) is 37.0 Å².